The van der Waals surface area contributed by atoms with Gasteiger partial charge in [0.25, 0.3) is 0 Å². The summed E-state index contributed by atoms with van der Waals surface area (Å²) in [4.78, 5) is 11.5. The van der Waals surface area contributed by atoms with Crippen molar-refractivity contribution in [3.8, 4) is 5.88 Å². The fourth-order valence-corrected chi connectivity index (χ4v) is 3.32. The van der Waals surface area contributed by atoms with E-state index in [1.165, 1.54) is 12.8 Å². The van der Waals surface area contributed by atoms with Crippen molar-refractivity contribution in [1.82, 2.24) is 25.0 Å². The molecule has 1 atom stereocenters. The predicted molar refractivity (Wildman–Crippen MR) is 126 cm³/mol. The number of rotatable bonds is 7. The van der Waals surface area contributed by atoms with Gasteiger partial charge in [0.05, 0.1) is 32.5 Å². The SMILES string of the molecule is CCNC(=NCc1ccc(OCC2CC2)nc1)N1CCOC(c2cnn(C)c2)C1.I. The molecule has 8 nitrogen and oxygen atoms in total. The number of ether oxygens (including phenoxy) is 2. The molecule has 2 aromatic heterocycles. The normalized spacial score (nSPS) is 19.3. The molecule has 1 aliphatic carbocycles. The Hall–Kier alpha value is -1.88. The van der Waals surface area contributed by atoms with Crippen LogP contribution in [0.4, 0.5) is 0 Å². The van der Waals surface area contributed by atoms with Crippen LogP contribution in [0.1, 0.15) is 37.0 Å². The highest BCUT2D eigenvalue weighted by atomic mass is 127. The van der Waals surface area contributed by atoms with Gasteiger partial charge in [-0.05, 0) is 31.2 Å². The molecule has 2 fully saturated rings. The molecular formula is C21H31IN6O2. The lowest BCUT2D eigenvalue weighted by molar-refractivity contribution is -0.00805. The van der Waals surface area contributed by atoms with Crippen LogP contribution in [0.3, 0.4) is 0 Å². The third kappa shape index (κ3) is 6.31. The van der Waals surface area contributed by atoms with Gasteiger partial charge in [-0.25, -0.2) is 9.98 Å². The van der Waals surface area contributed by atoms with E-state index < -0.39 is 0 Å². The quantitative estimate of drug-likeness (QED) is 0.340. The molecule has 1 saturated heterocycles. The van der Waals surface area contributed by atoms with E-state index in [4.69, 9.17) is 14.5 Å². The first kappa shape index (κ1) is 22.8. The third-order valence-corrected chi connectivity index (χ3v) is 5.17. The Morgan fingerprint density at radius 2 is 2.20 bits per heavy atom. The summed E-state index contributed by atoms with van der Waals surface area (Å²) in [6.07, 6.45) is 8.30. The van der Waals surface area contributed by atoms with Crippen molar-refractivity contribution in [2.45, 2.75) is 32.4 Å². The number of halogens is 1. The summed E-state index contributed by atoms with van der Waals surface area (Å²) >= 11 is 0. The van der Waals surface area contributed by atoms with Gasteiger partial charge >= 0.3 is 0 Å². The van der Waals surface area contributed by atoms with Crippen LogP contribution in [-0.2, 0) is 18.3 Å². The fourth-order valence-electron chi connectivity index (χ4n) is 3.32. The van der Waals surface area contributed by atoms with Crippen LogP contribution < -0.4 is 10.1 Å². The van der Waals surface area contributed by atoms with Crippen LogP contribution in [0.15, 0.2) is 35.7 Å². The maximum absolute atomic E-state index is 5.95. The van der Waals surface area contributed by atoms with Gasteiger partial charge < -0.3 is 19.7 Å². The van der Waals surface area contributed by atoms with Gasteiger partial charge in [0, 0.05) is 44.2 Å². The van der Waals surface area contributed by atoms with Crippen LogP contribution in [0, 0.1) is 5.92 Å². The van der Waals surface area contributed by atoms with Gasteiger partial charge in [-0.15, -0.1) is 24.0 Å². The monoisotopic (exact) mass is 526 g/mol. The maximum Gasteiger partial charge on any atom is 0.213 e. The second-order valence-corrected chi connectivity index (χ2v) is 7.68. The molecule has 2 aromatic rings. The van der Waals surface area contributed by atoms with E-state index in [0.29, 0.717) is 19.0 Å². The van der Waals surface area contributed by atoms with Crippen LogP contribution in [0.2, 0.25) is 0 Å². The number of nitrogens with one attached hydrogen (secondary N) is 1. The van der Waals surface area contributed by atoms with Crippen LogP contribution in [-0.4, -0.2) is 58.5 Å². The van der Waals surface area contributed by atoms with Crippen molar-refractivity contribution in [3.63, 3.8) is 0 Å². The average Bonchev–Trinajstić information content (AvgIpc) is 3.48. The van der Waals surface area contributed by atoms with Crippen molar-refractivity contribution >= 4 is 29.9 Å². The predicted octanol–water partition coefficient (Wildman–Crippen LogP) is 2.76. The Kier molecular flexibility index (Phi) is 8.32. The Bertz CT molecular complexity index is 821. The van der Waals surface area contributed by atoms with Crippen molar-refractivity contribution in [2.24, 2.45) is 18.0 Å². The van der Waals surface area contributed by atoms with Gasteiger partial charge in [0.2, 0.25) is 5.88 Å². The van der Waals surface area contributed by atoms with E-state index in [1.807, 2.05) is 42.5 Å². The maximum atomic E-state index is 5.95. The highest BCUT2D eigenvalue weighted by molar-refractivity contribution is 14.0. The summed E-state index contributed by atoms with van der Waals surface area (Å²) in [5.41, 5.74) is 2.16. The van der Waals surface area contributed by atoms with Gasteiger partial charge in [-0.1, -0.05) is 6.07 Å². The Morgan fingerprint density at radius 1 is 1.33 bits per heavy atom. The molecule has 1 N–H and O–H groups in total. The number of morpholine rings is 1. The largest absolute Gasteiger partial charge is 0.477 e. The lowest BCUT2D eigenvalue weighted by atomic mass is 10.1. The molecule has 0 spiro atoms. The number of guanidine groups is 1. The third-order valence-electron chi connectivity index (χ3n) is 5.17. The van der Waals surface area contributed by atoms with Gasteiger partial charge in [-0.2, -0.15) is 5.10 Å². The van der Waals surface area contributed by atoms with Crippen molar-refractivity contribution in [1.29, 1.82) is 0 Å². The number of pyridine rings is 1. The fraction of sp³-hybridized carbons (Fsp3) is 0.571. The number of aryl methyl sites for hydroxylation is 1. The highest BCUT2D eigenvalue weighted by Gasteiger charge is 2.25. The van der Waals surface area contributed by atoms with Crippen molar-refractivity contribution < 1.29 is 9.47 Å². The molecule has 3 heterocycles. The minimum atomic E-state index is 0. The Balaban J connectivity index is 0.00000256. The summed E-state index contributed by atoms with van der Waals surface area (Å²) in [5.74, 6) is 2.33. The molecule has 2 aliphatic rings. The Labute approximate surface area is 195 Å². The van der Waals surface area contributed by atoms with E-state index in [9.17, 15) is 0 Å². The number of aliphatic imine (C=N–C) groups is 1. The standard InChI is InChI=1S/C21H30N6O2.HI/c1-3-22-21(27-8-9-28-19(14-27)18-12-25-26(2)13-18)24-11-17-6-7-20(23-10-17)29-15-16-4-5-16;/h6-7,10,12-13,16,19H,3-5,8-9,11,14-15H2,1-2H3,(H,22,24);1H. The van der Waals surface area contributed by atoms with Crippen LogP contribution in [0.25, 0.3) is 0 Å². The molecule has 9 heteroatoms. The summed E-state index contributed by atoms with van der Waals surface area (Å²) in [5, 5.41) is 7.67. The molecule has 164 valence electrons. The summed E-state index contributed by atoms with van der Waals surface area (Å²) in [6.45, 7) is 6.50. The molecule has 1 aliphatic heterocycles. The number of hydrogen-bond acceptors (Lipinski definition) is 5. The topological polar surface area (TPSA) is 76.8 Å². The first-order valence-corrected chi connectivity index (χ1v) is 10.4. The molecule has 0 aromatic carbocycles. The van der Waals surface area contributed by atoms with Gasteiger partial charge in [0.1, 0.15) is 6.10 Å². The first-order chi connectivity index (χ1) is 14.2. The second kappa shape index (κ2) is 10.9. The molecule has 1 unspecified atom stereocenters. The van der Waals surface area contributed by atoms with E-state index in [1.54, 1.807) is 0 Å². The zero-order valence-corrected chi connectivity index (χ0v) is 20.0. The zero-order chi connectivity index (χ0) is 20.1. The minimum absolute atomic E-state index is 0. The first-order valence-electron chi connectivity index (χ1n) is 10.4. The molecular weight excluding hydrogens is 495 g/mol. The van der Waals surface area contributed by atoms with Crippen LogP contribution >= 0.6 is 24.0 Å². The van der Waals surface area contributed by atoms with E-state index in [0.717, 1.165) is 49.2 Å². The minimum Gasteiger partial charge on any atom is -0.477 e. The van der Waals surface area contributed by atoms with E-state index in [2.05, 4.69) is 27.2 Å². The molecule has 4 rings (SSSR count). The smallest absolute Gasteiger partial charge is 0.213 e. The van der Waals surface area contributed by atoms with Crippen molar-refractivity contribution in [2.75, 3.05) is 32.8 Å². The van der Waals surface area contributed by atoms with Crippen LogP contribution in [0.5, 0.6) is 5.88 Å². The molecule has 1 saturated carbocycles. The zero-order valence-electron chi connectivity index (χ0n) is 17.7. The Morgan fingerprint density at radius 3 is 2.87 bits per heavy atom. The van der Waals surface area contributed by atoms with Gasteiger partial charge in [0.15, 0.2) is 5.96 Å². The average molecular weight is 526 g/mol. The van der Waals surface area contributed by atoms with E-state index >= 15 is 0 Å². The lowest BCUT2D eigenvalue weighted by Gasteiger charge is -2.34. The lowest BCUT2D eigenvalue weighted by Crippen LogP contribution is -2.48. The number of hydrogen-bond donors (Lipinski definition) is 1. The second-order valence-electron chi connectivity index (χ2n) is 7.68. The summed E-state index contributed by atoms with van der Waals surface area (Å²) < 4.78 is 13.5. The van der Waals surface area contributed by atoms with Gasteiger partial charge in [-0.3, -0.25) is 4.68 Å². The van der Waals surface area contributed by atoms with E-state index in [-0.39, 0.29) is 30.1 Å². The molecule has 0 amide bonds. The summed E-state index contributed by atoms with van der Waals surface area (Å²) in [6, 6.07) is 3.98. The van der Waals surface area contributed by atoms with Crippen molar-refractivity contribution in [3.05, 3.63) is 41.9 Å². The number of nitrogens with zero attached hydrogens (tertiary/aromatic N) is 5. The number of aromatic nitrogens is 3. The highest BCUT2D eigenvalue weighted by Crippen LogP contribution is 2.29. The molecule has 30 heavy (non-hydrogen) atoms. The molecule has 0 radical (unpaired) electrons. The summed E-state index contributed by atoms with van der Waals surface area (Å²) in [7, 11) is 1.92. The molecule has 0 bridgehead atoms.